The third-order valence-electron chi connectivity index (χ3n) is 3.29. The van der Waals surface area contributed by atoms with E-state index in [1.165, 1.54) is 0 Å². The van der Waals surface area contributed by atoms with Crippen LogP contribution in [0.4, 0.5) is 0 Å². The summed E-state index contributed by atoms with van der Waals surface area (Å²) in [6.45, 7) is 6.69. The molecule has 19 heavy (non-hydrogen) atoms. The van der Waals surface area contributed by atoms with E-state index in [2.05, 4.69) is 4.90 Å². The second-order valence-electron chi connectivity index (χ2n) is 5.14. The molecule has 1 N–H and O–H groups in total. The summed E-state index contributed by atoms with van der Waals surface area (Å²) in [6.07, 6.45) is 0. The summed E-state index contributed by atoms with van der Waals surface area (Å²) in [5.74, 6) is 0.955. The summed E-state index contributed by atoms with van der Waals surface area (Å²) in [4.78, 5) is 2.09. The zero-order valence-corrected chi connectivity index (χ0v) is 13.2. The van der Waals surface area contributed by atoms with Crippen molar-refractivity contribution in [3.8, 4) is 5.75 Å². The van der Waals surface area contributed by atoms with Gasteiger partial charge in [0.15, 0.2) is 0 Å². The second kappa shape index (κ2) is 7.13. The van der Waals surface area contributed by atoms with Crippen LogP contribution in [0.3, 0.4) is 0 Å². The molecule has 1 aromatic carbocycles. The smallest absolute Gasteiger partial charge is 0.124 e. The normalized spacial score (nSPS) is 14.5. The fraction of sp³-hybridized carbons (Fsp3) is 0.600. The molecule has 0 aliphatic rings. The van der Waals surface area contributed by atoms with Crippen molar-refractivity contribution in [3.05, 3.63) is 28.3 Å². The van der Waals surface area contributed by atoms with Gasteiger partial charge in [0.1, 0.15) is 5.75 Å². The third-order valence-corrected chi connectivity index (χ3v) is 3.70. The van der Waals surface area contributed by atoms with Gasteiger partial charge < -0.3 is 14.7 Å². The predicted molar refractivity (Wildman–Crippen MR) is 80.0 cm³/mol. The van der Waals surface area contributed by atoms with Crippen LogP contribution in [0.2, 0.25) is 5.02 Å². The lowest BCUT2D eigenvalue weighted by atomic mass is 9.92. The van der Waals surface area contributed by atoms with E-state index in [4.69, 9.17) is 16.3 Å². The molecule has 0 aliphatic carbocycles. The van der Waals surface area contributed by atoms with E-state index in [1.807, 2.05) is 47.0 Å². The van der Waals surface area contributed by atoms with E-state index < -0.39 is 0 Å². The van der Waals surface area contributed by atoms with Crippen LogP contribution in [0.25, 0.3) is 0 Å². The fourth-order valence-electron chi connectivity index (χ4n) is 2.38. The van der Waals surface area contributed by atoms with Crippen molar-refractivity contribution < 1.29 is 9.84 Å². The van der Waals surface area contributed by atoms with Crippen LogP contribution in [0.15, 0.2) is 12.1 Å². The molecular weight excluding hydrogens is 262 g/mol. The fourth-order valence-corrected chi connectivity index (χ4v) is 2.55. The molecular formula is C15H24ClNO2. The summed E-state index contributed by atoms with van der Waals surface area (Å²) in [6, 6.07) is 4.00. The van der Waals surface area contributed by atoms with Crippen LogP contribution >= 0.6 is 11.6 Å². The molecule has 0 aliphatic heterocycles. The number of aryl methyl sites for hydroxylation is 1. The Morgan fingerprint density at radius 2 is 2.00 bits per heavy atom. The maximum atomic E-state index is 9.46. The molecule has 0 saturated heterocycles. The summed E-state index contributed by atoms with van der Waals surface area (Å²) >= 11 is 6.25. The molecule has 1 rings (SSSR count). The zero-order valence-electron chi connectivity index (χ0n) is 12.4. The van der Waals surface area contributed by atoms with E-state index >= 15 is 0 Å². The third kappa shape index (κ3) is 3.85. The lowest BCUT2D eigenvalue weighted by molar-refractivity contribution is 0.143. The minimum absolute atomic E-state index is 0.0737. The average Bonchev–Trinajstić information content (AvgIpc) is 2.35. The lowest BCUT2D eigenvalue weighted by Gasteiger charge is -2.31. The molecule has 0 radical (unpaired) electrons. The van der Waals surface area contributed by atoms with Crippen molar-refractivity contribution in [2.75, 3.05) is 27.3 Å². The second-order valence-corrected chi connectivity index (χ2v) is 5.55. The molecule has 0 saturated carbocycles. The summed E-state index contributed by atoms with van der Waals surface area (Å²) in [5, 5.41) is 10.2. The average molecular weight is 286 g/mol. The molecule has 0 amide bonds. The number of nitrogens with zero attached hydrogens (tertiary/aromatic N) is 1. The molecule has 0 spiro atoms. The van der Waals surface area contributed by atoms with E-state index in [1.54, 1.807) is 0 Å². The van der Waals surface area contributed by atoms with Crippen LogP contribution < -0.4 is 4.74 Å². The van der Waals surface area contributed by atoms with E-state index in [9.17, 15) is 5.11 Å². The molecule has 0 aromatic heterocycles. The van der Waals surface area contributed by atoms with Gasteiger partial charge >= 0.3 is 0 Å². The number of hydrogen-bond donors (Lipinski definition) is 1. The highest BCUT2D eigenvalue weighted by Gasteiger charge is 2.25. The summed E-state index contributed by atoms with van der Waals surface area (Å²) in [7, 11) is 4.00. The van der Waals surface area contributed by atoms with Crippen molar-refractivity contribution in [3.63, 3.8) is 0 Å². The molecule has 0 fully saturated rings. The quantitative estimate of drug-likeness (QED) is 0.871. The van der Waals surface area contributed by atoms with Crippen LogP contribution in [-0.2, 0) is 0 Å². The largest absolute Gasteiger partial charge is 0.494 e. The van der Waals surface area contributed by atoms with Gasteiger partial charge in [0.25, 0.3) is 0 Å². The Morgan fingerprint density at radius 1 is 1.37 bits per heavy atom. The number of hydrogen-bond acceptors (Lipinski definition) is 3. The minimum atomic E-state index is 0.0737. The van der Waals surface area contributed by atoms with Crippen molar-refractivity contribution in [1.29, 1.82) is 0 Å². The Bertz CT molecular complexity index is 421. The van der Waals surface area contributed by atoms with Gasteiger partial charge in [0.2, 0.25) is 0 Å². The van der Waals surface area contributed by atoms with Crippen molar-refractivity contribution >= 4 is 11.6 Å². The highest BCUT2D eigenvalue weighted by atomic mass is 35.5. The van der Waals surface area contributed by atoms with E-state index in [0.717, 1.165) is 21.9 Å². The van der Waals surface area contributed by atoms with Gasteiger partial charge in [-0.3, -0.25) is 0 Å². The van der Waals surface area contributed by atoms with Crippen LogP contribution in [-0.4, -0.2) is 37.3 Å². The Hall–Kier alpha value is -0.770. The molecule has 0 heterocycles. The Labute approximate surface area is 121 Å². The van der Waals surface area contributed by atoms with Crippen molar-refractivity contribution in [1.82, 2.24) is 4.90 Å². The summed E-state index contributed by atoms with van der Waals surface area (Å²) in [5.41, 5.74) is 2.03. The number of aliphatic hydroxyl groups is 1. The Kier molecular flexibility index (Phi) is 6.11. The SMILES string of the molecule is CCOc1cc(C)c(Cl)cc1C(C(C)CO)N(C)C. The molecule has 4 heteroatoms. The molecule has 1 aromatic rings. The number of rotatable bonds is 6. The maximum Gasteiger partial charge on any atom is 0.124 e. The first-order chi connectivity index (χ1) is 8.92. The van der Waals surface area contributed by atoms with Gasteiger partial charge in [-0.05, 0) is 51.6 Å². The first-order valence-corrected chi connectivity index (χ1v) is 7.00. The number of benzene rings is 1. The molecule has 3 nitrogen and oxygen atoms in total. The molecule has 2 unspecified atom stereocenters. The van der Waals surface area contributed by atoms with Crippen molar-refractivity contribution in [2.45, 2.75) is 26.8 Å². The van der Waals surface area contributed by atoms with Crippen molar-refractivity contribution in [2.24, 2.45) is 5.92 Å². The molecule has 108 valence electrons. The summed E-state index contributed by atoms with van der Waals surface area (Å²) < 4.78 is 5.73. The van der Waals surface area contributed by atoms with E-state index in [-0.39, 0.29) is 18.6 Å². The van der Waals surface area contributed by atoms with Gasteiger partial charge in [-0.1, -0.05) is 18.5 Å². The van der Waals surface area contributed by atoms with E-state index in [0.29, 0.717) is 6.61 Å². The Balaban J connectivity index is 3.31. The monoisotopic (exact) mass is 285 g/mol. The zero-order chi connectivity index (χ0) is 14.6. The van der Waals surface area contributed by atoms with Crippen LogP contribution in [0, 0.1) is 12.8 Å². The topological polar surface area (TPSA) is 32.7 Å². The van der Waals surface area contributed by atoms with Gasteiger partial charge in [-0.15, -0.1) is 0 Å². The number of aliphatic hydroxyl groups excluding tert-OH is 1. The predicted octanol–water partition coefficient (Wildman–Crippen LogP) is 3.28. The Morgan fingerprint density at radius 3 is 2.47 bits per heavy atom. The minimum Gasteiger partial charge on any atom is -0.494 e. The van der Waals surface area contributed by atoms with Crippen LogP contribution in [0.5, 0.6) is 5.75 Å². The number of ether oxygens (including phenoxy) is 1. The van der Waals surface area contributed by atoms with Gasteiger partial charge in [-0.2, -0.15) is 0 Å². The van der Waals surface area contributed by atoms with Gasteiger partial charge in [-0.25, -0.2) is 0 Å². The standard InChI is InChI=1S/C15H24ClNO2/c1-6-19-14-7-10(2)13(16)8-12(14)15(17(4)5)11(3)9-18/h7-8,11,15,18H,6,9H2,1-5H3. The molecule has 2 atom stereocenters. The molecule has 0 bridgehead atoms. The highest BCUT2D eigenvalue weighted by molar-refractivity contribution is 6.31. The first kappa shape index (κ1) is 16.3. The van der Waals surface area contributed by atoms with Gasteiger partial charge in [0, 0.05) is 23.2 Å². The van der Waals surface area contributed by atoms with Gasteiger partial charge in [0.05, 0.1) is 6.61 Å². The first-order valence-electron chi connectivity index (χ1n) is 6.62. The van der Waals surface area contributed by atoms with Crippen LogP contribution in [0.1, 0.15) is 31.0 Å². The lowest BCUT2D eigenvalue weighted by Crippen LogP contribution is -2.28. The number of halogens is 1. The maximum absolute atomic E-state index is 9.46. The highest BCUT2D eigenvalue weighted by Crippen LogP contribution is 2.36.